The molecule has 0 unspecified atom stereocenters. The number of hydrogen-bond donors (Lipinski definition) is 3. The van der Waals surface area contributed by atoms with E-state index in [9.17, 15) is 18.4 Å². The lowest BCUT2D eigenvalue weighted by Gasteiger charge is -2.32. The molecule has 2 heterocycles. The number of piperidine rings is 1. The molecule has 7 nitrogen and oxygen atoms in total. The van der Waals surface area contributed by atoms with E-state index in [0.29, 0.717) is 31.1 Å². The molecule has 4 rings (SSSR count). The van der Waals surface area contributed by atoms with E-state index in [4.69, 9.17) is 0 Å². The van der Waals surface area contributed by atoms with Gasteiger partial charge in [0.2, 0.25) is 0 Å². The number of amides is 3. The van der Waals surface area contributed by atoms with Crippen molar-refractivity contribution in [2.75, 3.05) is 25.0 Å². The van der Waals surface area contributed by atoms with Crippen molar-refractivity contribution in [1.82, 2.24) is 20.2 Å². The van der Waals surface area contributed by atoms with E-state index in [-0.39, 0.29) is 17.6 Å². The number of nitrogens with one attached hydrogen (secondary N) is 3. The van der Waals surface area contributed by atoms with Crippen LogP contribution in [0.5, 0.6) is 0 Å². The molecule has 1 aliphatic heterocycles. The van der Waals surface area contributed by atoms with Crippen LogP contribution in [0.1, 0.15) is 29.6 Å². The molecule has 0 aliphatic carbocycles. The highest BCUT2D eigenvalue weighted by Crippen LogP contribution is 2.21. The van der Waals surface area contributed by atoms with E-state index in [1.807, 2.05) is 0 Å². The minimum absolute atomic E-state index is 0.0978. The summed E-state index contributed by atoms with van der Waals surface area (Å²) < 4.78 is 26.5. The van der Waals surface area contributed by atoms with Gasteiger partial charge in [-0.25, -0.2) is 18.6 Å². The Bertz CT molecular complexity index is 1070. The molecule has 31 heavy (non-hydrogen) atoms. The van der Waals surface area contributed by atoms with Gasteiger partial charge < -0.3 is 20.5 Å². The van der Waals surface area contributed by atoms with Crippen molar-refractivity contribution in [3.63, 3.8) is 0 Å². The van der Waals surface area contributed by atoms with Crippen LogP contribution in [0.4, 0.5) is 19.3 Å². The minimum Gasteiger partial charge on any atom is -0.352 e. The van der Waals surface area contributed by atoms with Crippen LogP contribution >= 0.6 is 0 Å². The number of urea groups is 1. The Morgan fingerprint density at radius 2 is 1.84 bits per heavy atom. The molecule has 0 atom stereocenters. The van der Waals surface area contributed by atoms with E-state index in [0.717, 1.165) is 48.5 Å². The Morgan fingerprint density at radius 3 is 2.58 bits per heavy atom. The van der Waals surface area contributed by atoms with Crippen LogP contribution < -0.4 is 10.6 Å². The van der Waals surface area contributed by atoms with Crippen molar-refractivity contribution < 1.29 is 18.4 Å². The summed E-state index contributed by atoms with van der Waals surface area (Å²) in [4.78, 5) is 33.5. The maximum Gasteiger partial charge on any atom is 0.321 e. The minimum atomic E-state index is -0.736. The monoisotopic (exact) mass is 427 g/mol. The predicted octanol–water partition coefficient (Wildman–Crippen LogP) is 3.91. The third-order valence-corrected chi connectivity index (χ3v) is 5.54. The number of aromatic nitrogens is 2. The summed E-state index contributed by atoms with van der Waals surface area (Å²) in [6, 6.07) is 7.89. The van der Waals surface area contributed by atoms with Crippen molar-refractivity contribution in [2.45, 2.75) is 19.3 Å². The number of aromatic amines is 1. The lowest BCUT2D eigenvalue weighted by molar-refractivity contribution is 0.0949. The maximum absolute atomic E-state index is 13.3. The molecule has 2 aromatic carbocycles. The number of fused-ring (bicyclic) bond motifs is 1. The predicted molar refractivity (Wildman–Crippen MR) is 113 cm³/mol. The van der Waals surface area contributed by atoms with Gasteiger partial charge in [-0.05, 0) is 55.5 Å². The number of benzene rings is 2. The fraction of sp³-hybridized carbons (Fsp3) is 0.318. The van der Waals surface area contributed by atoms with Gasteiger partial charge >= 0.3 is 6.03 Å². The molecule has 9 heteroatoms. The number of likely N-dealkylation sites (tertiary alicyclic amines) is 1. The SMILES string of the molecule is O=C(NCCC1CCN(C(=O)Nc2cc(F)cc(F)c2)CC1)c1ccc2nc[nH]c2c1. The molecule has 0 spiro atoms. The maximum atomic E-state index is 13.3. The van der Waals surface area contributed by atoms with E-state index < -0.39 is 11.6 Å². The molecule has 1 aromatic heterocycles. The third-order valence-electron chi connectivity index (χ3n) is 5.54. The molecule has 3 aromatic rings. The van der Waals surface area contributed by atoms with Gasteiger partial charge in [-0.15, -0.1) is 0 Å². The second-order valence-electron chi connectivity index (χ2n) is 7.70. The quantitative estimate of drug-likeness (QED) is 0.577. The van der Waals surface area contributed by atoms with Gasteiger partial charge in [0.25, 0.3) is 5.91 Å². The van der Waals surface area contributed by atoms with Gasteiger partial charge in [-0.2, -0.15) is 0 Å². The second-order valence-corrected chi connectivity index (χ2v) is 7.70. The normalized spacial score (nSPS) is 14.6. The lowest BCUT2D eigenvalue weighted by Crippen LogP contribution is -2.41. The van der Waals surface area contributed by atoms with Gasteiger partial charge in [0.1, 0.15) is 11.6 Å². The molecule has 3 N–H and O–H groups in total. The molecule has 3 amide bonds. The van der Waals surface area contributed by atoms with Crippen LogP contribution in [0, 0.1) is 17.6 Å². The molecule has 0 saturated carbocycles. The van der Waals surface area contributed by atoms with Crippen LogP contribution in [-0.4, -0.2) is 46.4 Å². The van der Waals surface area contributed by atoms with Gasteiger partial charge in [0.15, 0.2) is 0 Å². The van der Waals surface area contributed by atoms with Crippen LogP contribution in [-0.2, 0) is 0 Å². The number of H-pyrrole nitrogens is 1. The summed E-state index contributed by atoms with van der Waals surface area (Å²) in [6.45, 7) is 1.66. The first-order valence-corrected chi connectivity index (χ1v) is 10.2. The molecule has 1 saturated heterocycles. The average molecular weight is 427 g/mol. The van der Waals surface area contributed by atoms with Gasteiger partial charge in [-0.3, -0.25) is 4.79 Å². The zero-order valence-electron chi connectivity index (χ0n) is 16.8. The largest absolute Gasteiger partial charge is 0.352 e. The third kappa shape index (κ3) is 5.17. The summed E-state index contributed by atoms with van der Waals surface area (Å²) >= 11 is 0. The Hall–Kier alpha value is -3.49. The molecule has 162 valence electrons. The smallest absolute Gasteiger partial charge is 0.321 e. The Morgan fingerprint density at radius 1 is 1.10 bits per heavy atom. The second kappa shape index (κ2) is 9.11. The first-order chi connectivity index (χ1) is 15.0. The fourth-order valence-corrected chi connectivity index (χ4v) is 3.82. The van der Waals surface area contributed by atoms with Crippen molar-refractivity contribution in [2.24, 2.45) is 5.92 Å². The van der Waals surface area contributed by atoms with E-state index in [1.54, 1.807) is 29.4 Å². The first-order valence-electron chi connectivity index (χ1n) is 10.2. The number of halogens is 2. The van der Waals surface area contributed by atoms with Crippen LogP contribution in [0.2, 0.25) is 0 Å². The molecular formula is C22H23F2N5O2. The molecule has 0 bridgehead atoms. The van der Waals surface area contributed by atoms with Gasteiger partial charge in [-0.1, -0.05) is 0 Å². The van der Waals surface area contributed by atoms with E-state index in [2.05, 4.69) is 20.6 Å². The standard InChI is InChI=1S/C22H23F2N5O2/c23-16-10-17(24)12-18(11-16)28-22(31)29-7-4-14(5-8-29)3-6-25-21(30)15-1-2-19-20(9-15)27-13-26-19/h1-2,9-14H,3-8H2,(H,25,30)(H,26,27)(H,28,31). The van der Waals surface area contributed by atoms with Gasteiger partial charge in [0.05, 0.1) is 17.4 Å². The molecule has 0 radical (unpaired) electrons. The average Bonchev–Trinajstić information content (AvgIpc) is 3.21. The molecular weight excluding hydrogens is 404 g/mol. The number of hydrogen-bond acceptors (Lipinski definition) is 3. The molecule has 1 aliphatic rings. The van der Waals surface area contributed by atoms with Crippen molar-refractivity contribution in [3.8, 4) is 0 Å². The highest BCUT2D eigenvalue weighted by molar-refractivity contribution is 5.97. The number of rotatable bonds is 5. The summed E-state index contributed by atoms with van der Waals surface area (Å²) in [5, 5.41) is 5.48. The van der Waals surface area contributed by atoms with Crippen molar-refractivity contribution in [1.29, 1.82) is 0 Å². The number of carbonyl (C=O) groups is 2. The van der Waals surface area contributed by atoms with Crippen LogP contribution in [0.25, 0.3) is 11.0 Å². The fourth-order valence-electron chi connectivity index (χ4n) is 3.82. The molecule has 1 fully saturated rings. The lowest BCUT2D eigenvalue weighted by atomic mass is 9.93. The number of carbonyl (C=O) groups excluding carboxylic acids is 2. The Kier molecular flexibility index (Phi) is 6.11. The number of imidazole rings is 1. The number of anilines is 1. The summed E-state index contributed by atoms with van der Waals surface area (Å²) in [5.74, 6) is -1.21. The zero-order valence-corrected chi connectivity index (χ0v) is 16.8. The van der Waals surface area contributed by atoms with Crippen LogP contribution in [0.15, 0.2) is 42.7 Å². The Balaban J connectivity index is 1.20. The van der Waals surface area contributed by atoms with Crippen molar-refractivity contribution in [3.05, 3.63) is 59.9 Å². The summed E-state index contributed by atoms with van der Waals surface area (Å²) in [6.07, 6.45) is 4.03. The topological polar surface area (TPSA) is 90.1 Å². The van der Waals surface area contributed by atoms with Crippen LogP contribution in [0.3, 0.4) is 0 Å². The Labute approximate surface area is 177 Å². The number of nitrogens with zero attached hydrogens (tertiary/aromatic N) is 2. The van der Waals surface area contributed by atoms with Crippen molar-refractivity contribution >= 4 is 28.7 Å². The summed E-state index contributed by atoms with van der Waals surface area (Å²) in [7, 11) is 0. The highest BCUT2D eigenvalue weighted by Gasteiger charge is 2.23. The van der Waals surface area contributed by atoms with E-state index in [1.165, 1.54) is 0 Å². The van der Waals surface area contributed by atoms with Gasteiger partial charge in [0, 0.05) is 37.0 Å². The highest BCUT2D eigenvalue weighted by atomic mass is 19.1. The zero-order chi connectivity index (χ0) is 21.8. The first kappa shape index (κ1) is 20.8. The summed E-state index contributed by atoms with van der Waals surface area (Å²) in [5.41, 5.74) is 2.31. The van der Waals surface area contributed by atoms with E-state index >= 15 is 0 Å².